The molecule has 4 unspecified atom stereocenters. The predicted molar refractivity (Wildman–Crippen MR) is 98.0 cm³/mol. The third-order valence-electron chi connectivity index (χ3n) is 5.37. The number of hydroxylamine groups is 2. The van der Waals surface area contributed by atoms with Gasteiger partial charge in [0.2, 0.25) is 5.91 Å². The first-order valence-corrected chi connectivity index (χ1v) is 11.1. The number of carbonyl (C=O) groups excluding carboxylic acids is 3. The zero-order chi connectivity index (χ0) is 20.9. The summed E-state index contributed by atoms with van der Waals surface area (Å²) >= 11 is 1.21. The lowest BCUT2D eigenvalue weighted by Crippen LogP contribution is -2.51. The first kappa shape index (κ1) is 20.0. The molecule has 0 radical (unpaired) electrons. The summed E-state index contributed by atoms with van der Waals surface area (Å²) in [6.07, 6.45) is 2.21. The quantitative estimate of drug-likeness (QED) is 0.358. The van der Waals surface area contributed by atoms with Gasteiger partial charge in [0.25, 0.3) is 5.91 Å². The summed E-state index contributed by atoms with van der Waals surface area (Å²) in [7, 11) is -4.93. The largest absolute Gasteiger partial charge is 0.418 e. The van der Waals surface area contributed by atoms with Crippen LogP contribution >= 0.6 is 11.3 Å². The fraction of sp³-hybridized carbons (Fsp3) is 0.533. The number of rotatable bonds is 4. The number of nitrogens with two attached hydrogens (primary N) is 1. The van der Waals surface area contributed by atoms with Crippen LogP contribution in [0.15, 0.2) is 11.4 Å². The van der Waals surface area contributed by atoms with Crippen LogP contribution in [0.2, 0.25) is 0 Å². The minimum Gasteiger partial charge on any atom is -0.327 e. The Labute approximate surface area is 169 Å². The van der Waals surface area contributed by atoms with Crippen LogP contribution < -0.4 is 16.6 Å². The number of nitrogens with zero attached hydrogens (tertiary/aromatic N) is 2. The Morgan fingerprint density at radius 2 is 2.00 bits per heavy atom. The molecule has 1 aromatic rings. The lowest BCUT2D eigenvalue weighted by molar-refractivity contribution is -0.133. The predicted octanol–water partition coefficient (Wildman–Crippen LogP) is -0.409. The highest BCUT2D eigenvalue weighted by Gasteiger charge is 2.52. The molecule has 1 aliphatic carbocycles. The summed E-state index contributed by atoms with van der Waals surface area (Å²) in [6.45, 7) is -0.0163. The number of thiophene rings is 1. The minimum absolute atomic E-state index is 0.0163. The summed E-state index contributed by atoms with van der Waals surface area (Å²) in [5.41, 5.74) is 11.1. The number of carbonyl (C=O) groups is 3. The molecule has 2 fully saturated rings. The molecular formula is C15H19N5O7S2. The van der Waals surface area contributed by atoms with Crippen molar-refractivity contribution in [1.82, 2.24) is 20.8 Å². The number of fused-ring (bicyclic) bond motifs is 4. The smallest absolute Gasteiger partial charge is 0.327 e. The van der Waals surface area contributed by atoms with E-state index >= 15 is 0 Å². The highest BCUT2D eigenvalue weighted by atomic mass is 32.3. The Morgan fingerprint density at radius 1 is 1.28 bits per heavy atom. The number of nitrogens with one attached hydrogen (secondary N) is 2. The third kappa shape index (κ3) is 3.57. The second-order valence-corrected chi connectivity index (χ2v) is 9.05. The van der Waals surface area contributed by atoms with Crippen molar-refractivity contribution >= 4 is 39.6 Å². The van der Waals surface area contributed by atoms with Crippen molar-refractivity contribution < 1.29 is 31.6 Å². The summed E-state index contributed by atoms with van der Waals surface area (Å²) in [6, 6.07) is -1.38. The van der Waals surface area contributed by atoms with E-state index in [4.69, 9.17) is 10.3 Å². The van der Waals surface area contributed by atoms with E-state index in [0.717, 1.165) is 17.7 Å². The first-order chi connectivity index (χ1) is 13.7. The van der Waals surface area contributed by atoms with Crippen LogP contribution in [0.5, 0.6) is 0 Å². The molecule has 5 N–H and O–H groups in total. The molecule has 0 aromatic carbocycles. The Bertz CT molecular complexity index is 964. The zero-order valence-electron chi connectivity index (χ0n) is 15.0. The van der Waals surface area contributed by atoms with Crippen LogP contribution in [0.4, 0.5) is 4.79 Å². The van der Waals surface area contributed by atoms with Gasteiger partial charge in [0, 0.05) is 10.9 Å². The number of hydrogen-bond acceptors (Lipinski definition) is 8. The first-order valence-electron chi connectivity index (χ1n) is 8.87. The molecule has 14 heteroatoms. The highest BCUT2D eigenvalue weighted by Crippen LogP contribution is 2.46. The zero-order valence-corrected chi connectivity index (χ0v) is 16.6. The number of hydrogen-bond donors (Lipinski definition) is 4. The standard InChI is InChI=1S/C15H19N5O7S2/c16-9-3-1-2-7(9)13(21)17-18-14(22)11-12-8(4-5-28-12)10-6-19(11)15(23)20(10)27-29(24,25)26/h4-5,7,9-11H,1-3,6,16H2,(H,17,21)(H,18,22)(H,24,25,26). The topological polar surface area (TPSA) is 171 Å². The van der Waals surface area contributed by atoms with E-state index in [1.807, 2.05) is 0 Å². The van der Waals surface area contributed by atoms with Gasteiger partial charge in [-0.2, -0.15) is 13.5 Å². The van der Waals surface area contributed by atoms with Crippen molar-refractivity contribution in [2.75, 3.05) is 6.54 Å². The third-order valence-corrected chi connectivity index (χ3v) is 6.71. The molecule has 12 nitrogen and oxygen atoms in total. The fourth-order valence-electron chi connectivity index (χ4n) is 4.05. The van der Waals surface area contributed by atoms with Crippen LogP contribution in [0.3, 0.4) is 0 Å². The van der Waals surface area contributed by atoms with E-state index < -0.39 is 46.2 Å². The maximum Gasteiger partial charge on any atom is 0.418 e. The molecule has 2 bridgehead atoms. The molecular weight excluding hydrogens is 426 g/mol. The molecule has 1 aromatic heterocycles. The van der Waals surface area contributed by atoms with Crippen molar-refractivity contribution in [2.45, 2.75) is 37.4 Å². The van der Waals surface area contributed by atoms with Crippen molar-refractivity contribution in [3.63, 3.8) is 0 Å². The summed E-state index contributed by atoms with van der Waals surface area (Å²) in [4.78, 5) is 39.3. The molecule has 4 rings (SSSR count). The van der Waals surface area contributed by atoms with E-state index in [1.54, 1.807) is 11.4 Å². The second kappa shape index (κ2) is 7.21. The van der Waals surface area contributed by atoms with Gasteiger partial charge in [0.15, 0.2) is 0 Å². The maximum atomic E-state index is 12.8. The van der Waals surface area contributed by atoms with E-state index in [2.05, 4.69) is 15.1 Å². The molecule has 2 aliphatic heterocycles. The molecule has 3 heterocycles. The maximum absolute atomic E-state index is 12.8. The van der Waals surface area contributed by atoms with Gasteiger partial charge in [-0.3, -0.25) is 25.0 Å². The minimum atomic E-state index is -4.93. The van der Waals surface area contributed by atoms with Crippen molar-refractivity contribution in [2.24, 2.45) is 11.7 Å². The molecule has 29 heavy (non-hydrogen) atoms. The lowest BCUT2D eigenvalue weighted by Gasteiger charge is -2.29. The van der Waals surface area contributed by atoms with E-state index in [1.165, 1.54) is 11.3 Å². The highest BCUT2D eigenvalue weighted by molar-refractivity contribution is 7.80. The van der Waals surface area contributed by atoms with E-state index in [9.17, 15) is 22.8 Å². The molecule has 0 spiro atoms. The summed E-state index contributed by atoms with van der Waals surface area (Å²) < 4.78 is 35.6. The van der Waals surface area contributed by atoms with E-state index in [-0.39, 0.29) is 12.6 Å². The van der Waals surface area contributed by atoms with Gasteiger partial charge in [-0.15, -0.1) is 15.6 Å². The molecule has 1 saturated carbocycles. The average molecular weight is 445 g/mol. The normalized spacial score (nSPS) is 28.4. The molecule has 4 atom stereocenters. The Morgan fingerprint density at radius 3 is 2.66 bits per heavy atom. The number of urea groups is 1. The number of amides is 4. The number of hydrazine groups is 1. The summed E-state index contributed by atoms with van der Waals surface area (Å²) in [5.74, 6) is -1.45. The van der Waals surface area contributed by atoms with Crippen molar-refractivity contribution in [1.29, 1.82) is 0 Å². The van der Waals surface area contributed by atoms with Crippen molar-refractivity contribution in [3.05, 3.63) is 21.9 Å². The molecule has 4 amide bonds. The Hall–Kier alpha value is -2.26. The van der Waals surface area contributed by atoms with Crippen LogP contribution in [0.25, 0.3) is 0 Å². The Kier molecular flexibility index (Phi) is 4.98. The molecule has 3 aliphatic rings. The SMILES string of the molecule is NC1CCCC1C(=O)NNC(=O)C1c2sccc2C2CN1C(=O)N2OS(=O)(=O)O. The summed E-state index contributed by atoms with van der Waals surface area (Å²) in [5, 5.41) is 2.23. The fourth-order valence-corrected chi connectivity index (χ4v) is 5.49. The van der Waals surface area contributed by atoms with Crippen molar-refractivity contribution in [3.8, 4) is 0 Å². The van der Waals surface area contributed by atoms with Gasteiger partial charge >= 0.3 is 16.4 Å². The second-order valence-electron chi connectivity index (χ2n) is 7.10. The van der Waals surface area contributed by atoms with Gasteiger partial charge in [0.1, 0.15) is 12.1 Å². The Balaban J connectivity index is 1.52. The van der Waals surface area contributed by atoms with Gasteiger partial charge < -0.3 is 10.6 Å². The van der Waals surface area contributed by atoms with Gasteiger partial charge in [0.05, 0.1) is 12.5 Å². The van der Waals surface area contributed by atoms with Crippen LogP contribution in [-0.2, 0) is 24.3 Å². The van der Waals surface area contributed by atoms with Gasteiger partial charge in [-0.25, -0.2) is 4.79 Å². The molecule has 1 saturated heterocycles. The monoisotopic (exact) mass is 445 g/mol. The van der Waals surface area contributed by atoms with Gasteiger partial charge in [-0.1, -0.05) is 6.42 Å². The van der Waals surface area contributed by atoms with E-state index in [0.29, 0.717) is 21.9 Å². The molecule has 158 valence electrons. The lowest BCUT2D eigenvalue weighted by atomic mass is 9.99. The van der Waals surface area contributed by atoms with Crippen LogP contribution in [-0.4, -0.2) is 53.4 Å². The van der Waals surface area contributed by atoms with Crippen LogP contribution in [0, 0.1) is 5.92 Å². The average Bonchev–Trinajstić information content (AvgIpc) is 3.35. The van der Waals surface area contributed by atoms with Gasteiger partial charge in [-0.05, 0) is 29.9 Å². The van der Waals surface area contributed by atoms with Crippen LogP contribution in [0.1, 0.15) is 41.8 Å².